The second-order valence-corrected chi connectivity index (χ2v) is 8.60. The average molecular weight is 417 g/mol. The number of nitrogens with zero attached hydrogens (tertiary/aromatic N) is 4. The second-order valence-electron chi connectivity index (χ2n) is 7.24. The first-order chi connectivity index (χ1) is 13.7. The lowest BCUT2D eigenvalue weighted by molar-refractivity contribution is 0.0714. The summed E-state index contributed by atoms with van der Waals surface area (Å²) in [5, 5.41) is 1.21. The summed E-state index contributed by atoms with van der Waals surface area (Å²) in [5.74, 6) is 2.32. The van der Waals surface area contributed by atoms with Crippen molar-refractivity contribution < 1.29 is 9.21 Å². The summed E-state index contributed by atoms with van der Waals surface area (Å²) in [6.07, 6.45) is 6.24. The summed E-state index contributed by atoms with van der Waals surface area (Å²) in [5.41, 5.74) is 1.43. The van der Waals surface area contributed by atoms with Crippen LogP contribution in [-0.4, -0.2) is 47.0 Å². The Morgan fingerprint density at radius 1 is 1.18 bits per heavy atom. The Kier molecular flexibility index (Phi) is 4.72. The number of alkyl halides is 1. The van der Waals surface area contributed by atoms with E-state index in [1.807, 2.05) is 4.90 Å². The molecule has 0 radical (unpaired) electrons. The van der Waals surface area contributed by atoms with Crippen molar-refractivity contribution in [3.8, 4) is 0 Å². The molecule has 0 saturated carbocycles. The number of thiophene rings is 1. The molecule has 8 heteroatoms. The number of furan rings is 1. The Hall–Kier alpha value is -2.12. The van der Waals surface area contributed by atoms with E-state index in [1.165, 1.54) is 34.9 Å². The SMILES string of the molecule is O=C(c1ccco1)N1CCN(c2nc(CCl)nc3sc4c(c23)CCCC4)CC1. The highest BCUT2D eigenvalue weighted by Crippen LogP contribution is 2.40. The monoisotopic (exact) mass is 416 g/mol. The van der Waals surface area contributed by atoms with Crippen LogP contribution in [0.3, 0.4) is 0 Å². The van der Waals surface area contributed by atoms with Crippen molar-refractivity contribution in [1.82, 2.24) is 14.9 Å². The molecule has 0 aromatic carbocycles. The van der Waals surface area contributed by atoms with Gasteiger partial charge in [0, 0.05) is 31.1 Å². The summed E-state index contributed by atoms with van der Waals surface area (Å²) in [7, 11) is 0. The number of aromatic nitrogens is 2. The molecule has 5 rings (SSSR count). The number of halogens is 1. The number of hydrogen-bond acceptors (Lipinski definition) is 6. The van der Waals surface area contributed by atoms with Crippen molar-refractivity contribution in [1.29, 1.82) is 0 Å². The molecule has 0 spiro atoms. The quantitative estimate of drug-likeness (QED) is 0.606. The van der Waals surface area contributed by atoms with Gasteiger partial charge in [0.05, 0.1) is 17.5 Å². The van der Waals surface area contributed by atoms with Gasteiger partial charge in [-0.05, 0) is 43.4 Å². The fourth-order valence-corrected chi connectivity index (χ4v) is 5.54. The third-order valence-electron chi connectivity index (χ3n) is 5.56. The van der Waals surface area contributed by atoms with E-state index < -0.39 is 0 Å². The van der Waals surface area contributed by atoms with E-state index in [4.69, 9.17) is 26.0 Å². The van der Waals surface area contributed by atoms with E-state index in [-0.39, 0.29) is 5.91 Å². The van der Waals surface area contributed by atoms with Gasteiger partial charge in [0.15, 0.2) is 5.76 Å². The zero-order valence-electron chi connectivity index (χ0n) is 15.5. The van der Waals surface area contributed by atoms with Crippen LogP contribution in [0.2, 0.25) is 0 Å². The van der Waals surface area contributed by atoms with Crippen molar-refractivity contribution in [2.75, 3.05) is 31.1 Å². The van der Waals surface area contributed by atoms with Crippen molar-refractivity contribution in [2.45, 2.75) is 31.6 Å². The van der Waals surface area contributed by atoms with Gasteiger partial charge >= 0.3 is 0 Å². The van der Waals surface area contributed by atoms with Crippen molar-refractivity contribution in [3.63, 3.8) is 0 Å². The fraction of sp³-hybridized carbons (Fsp3) is 0.450. The molecule has 146 valence electrons. The third kappa shape index (κ3) is 3.06. The Bertz CT molecular complexity index is 1010. The molecule has 0 N–H and O–H groups in total. The summed E-state index contributed by atoms with van der Waals surface area (Å²) in [6.45, 7) is 2.77. The van der Waals surface area contributed by atoms with Crippen molar-refractivity contribution in [2.24, 2.45) is 0 Å². The molecule has 0 bridgehead atoms. The first kappa shape index (κ1) is 17.9. The number of carbonyl (C=O) groups excluding carboxylic acids is 1. The molecule has 1 fully saturated rings. The normalized spacial score (nSPS) is 17.2. The lowest BCUT2D eigenvalue weighted by atomic mass is 9.97. The van der Waals surface area contributed by atoms with E-state index in [2.05, 4.69) is 4.90 Å². The number of anilines is 1. The Morgan fingerprint density at radius 2 is 2.00 bits per heavy atom. The Balaban J connectivity index is 1.45. The minimum absolute atomic E-state index is 0.0492. The van der Waals surface area contributed by atoms with Gasteiger partial charge in [-0.25, -0.2) is 9.97 Å². The molecule has 3 aromatic rings. The Morgan fingerprint density at radius 3 is 2.75 bits per heavy atom. The molecule has 28 heavy (non-hydrogen) atoms. The summed E-state index contributed by atoms with van der Waals surface area (Å²) >= 11 is 7.88. The molecule has 3 aromatic heterocycles. The third-order valence-corrected chi connectivity index (χ3v) is 6.98. The second kappa shape index (κ2) is 7.37. The van der Waals surface area contributed by atoms with Gasteiger partial charge in [-0.15, -0.1) is 22.9 Å². The highest BCUT2D eigenvalue weighted by molar-refractivity contribution is 7.19. The van der Waals surface area contributed by atoms with Gasteiger partial charge in [-0.3, -0.25) is 4.79 Å². The minimum Gasteiger partial charge on any atom is -0.459 e. The minimum atomic E-state index is -0.0492. The van der Waals surface area contributed by atoms with Gasteiger partial charge in [0.2, 0.25) is 0 Å². The highest BCUT2D eigenvalue weighted by atomic mass is 35.5. The highest BCUT2D eigenvalue weighted by Gasteiger charge is 2.28. The standard InChI is InChI=1S/C20H21ClN4O2S/c21-12-16-22-18(17-13-4-1-2-6-15(13)28-19(17)23-16)24-7-9-25(10-8-24)20(26)14-5-3-11-27-14/h3,5,11H,1-2,4,6-10,12H2. The average Bonchev–Trinajstić information content (AvgIpc) is 3.40. The molecule has 1 aliphatic carbocycles. The molecule has 4 heterocycles. The van der Waals surface area contributed by atoms with Crippen molar-refractivity contribution >= 4 is 44.9 Å². The molecular weight excluding hydrogens is 396 g/mol. The van der Waals surface area contributed by atoms with Crippen LogP contribution >= 0.6 is 22.9 Å². The molecule has 0 atom stereocenters. The van der Waals surface area contributed by atoms with Crippen LogP contribution in [-0.2, 0) is 18.7 Å². The molecule has 1 saturated heterocycles. The van der Waals surface area contributed by atoms with Crippen LogP contribution in [0.25, 0.3) is 10.2 Å². The first-order valence-corrected chi connectivity index (χ1v) is 11.0. The number of aryl methyl sites for hydroxylation is 2. The van der Waals surface area contributed by atoms with E-state index >= 15 is 0 Å². The molecule has 2 aliphatic rings. The van der Waals surface area contributed by atoms with Crippen LogP contribution in [0.1, 0.15) is 39.7 Å². The maximum absolute atomic E-state index is 12.5. The summed E-state index contributed by atoms with van der Waals surface area (Å²) < 4.78 is 5.26. The van der Waals surface area contributed by atoms with Gasteiger partial charge in [-0.2, -0.15) is 0 Å². The van der Waals surface area contributed by atoms with Crippen LogP contribution in [0.5, 0.6) is 0 Å². The fourth-order valence-electron chi connectivity index (χ4n) is 4.15. The van der Waals surface area contributed by atoms with Gasteiger partial charge in [-0.1, -0.05) is 0 Å². The predicted molar refractivity (Wildman–Crippen MR) is 110 cm³/mol. The lowest BCUT2D eigenvalue weighted by Crippen LogP contribution is -2.49. The van der Waals surface area contributed by atoms with Crippen LogP contribution in [0.4, 0.5) is 5.82 Å². The molecule has 1 amide bonds. The zero-order valence-corrected chi connectivity index (χ0v) is 17.1. The number of rotatable bonds is 3. The van der Waals surface area contributed by atoms with Crippen molar-refractivity contribution in [3.05, 3.63) is 40.4 Å². The van der Waals surface area contributed by atoms with E-state index in [9.17, 15) is 4.79 Å². The first-order valence-electron chi connectivity index (χ1n) is 9.69. The maximum Gasteiger partial charge on any atom is 0.289 e. The number of piperazine rings is 1. The smallest absolute Gasteiger partial charge is 0.289 e. The van der Waals surface area contributed by atoms with E-state index in [1.54, 1.807) is 23.5 Å². The van der Waals surface area contributed by atoms with Crippen LogP contribution in [0, 0.1) is 0 Å². The van der Waals surface area contributed by atoms with Crippen LogP contribution < -0.4 is 4.90 Å². The molecular formula is C20H21ClN4O2S. The topological polar surface area (TPSA) is 62.5 Å². The van der Waals surface area contributed by atoms with Gasteiger partial charge < -0.3 is 14.2 Å². The number of hydrogen-bond donors (Lipinski definition) is 0. The summed E-state index contributed by atoms with van der Waals surface area (Å²) in [4.78, 5) is 28.7. The summed E-state index contributed by atoms with van der Waals surface area (Å²) in [6, 6.07) is 3.46. The largest absolute Gasteiger partial charge is 0.459 e. The van der Waals surface area contributed by atoms with Gasteiger partial charge in [0.25, 0.3) is 5.91 Å². The zero-order chi connectivity index (χ0) is 19.1. The number of carbonyl (C=O) groups is 1. The predicted octanol–water partition coefficient (Wildman–Crippen LogP) is 3.86. The Labute approximate surface area is 172 Å². The molecule has 0 unspecified atom stereocenters. The van der Waals surface area contributed by atoms with E-state index in [0.29, 0.717) is 30.6 Å². The van der Waals surface area contributed by atoms with Gasteiger partial charge in [0.1, 0.15) is 16.5 Å². The number of fused-ring (bicyclic) bond motifs is 3. The maximum atomic E-state index is 12.5. The van der Waals surface area contributed by atoms with E-state index in [0.717, 1.165) is 36.6 Å². The molecule has 6 nitrogen and oxygen atoms in total. The molecule has 1 aliphatic heterocycles. The van der Waals surface area contributed by atoms with Crippen LogP contribution in [0.15, 0.2) is 22.8 Å². The number of amides is 1. The lowest BCUT2D eigenvalue weighted by Gasteiger charge is -2.35.